The molecule has 0 bridgehead atoms. The average molecular weight is 392 g/mol. The van der Waals surface area contributed by atoms with Gasteiger partial charge in [0.1, 0.15) is 0 Å². The van der Waals surface area contributed by atoms with Gasteiger partial charge in [-0.25, -0.2) is 0 Å². The molecule has 0 heterocycles. The molecule has 2 atom stereocenters. The monoisotopic (exact) mass is 392 g/mol. The van der Waals surface area contributed by atoms with Crippen LogP contribution in [0.2, 0.25) is 0 Å². The molecule has 0 aromatic rings. The van der Waals surface area contributed by atoms with Crippen molar-refractivity contribution in [2.45, 2.75) is 0 Å². The summed E-state index contributed by atoms with van der Waals surface area (Å²) in [7, 11) is -17.7. The van der Waals surface area contributed by atoms with Gasteiger partial charge in [0.15, 0.2) is 0 Å². The van der Waals surface area contributed by atoms with E-state index < -0.39 is 33.9 Å². The molecular formula is O10P2PdS2. The smallest absolute Gasteiger partial charge is 0.709 e. The second kappa shape index (κ2) is 7.81. The number of hydrogen-bond donors (Lipinski definition) is 0. The molecule has 0 amide bonds. The normalized spacial score (nSPS) is 12.8. The molecule has 0 saturated carbocycles. The van der Waals surface area contributed by atoms with Crippen molar-refractivity contribution in [3.63, 3.8) is 0 Å². The maximum absolute atomic E-state index is 9.18. The van der Waals surface area contributed by atoms with Crippen LogP contribution in [0.5, 0.6) is 0 Å². The summed E-state index contributed by atoms with van der Waals surface area (Å²) in [5, 5.41) is 0. The van der Waals surface area contributed by atoms with Crippen LogP contribution < -0.4 is 9.79 Å². The topological polar surface area (TPSA) is 195 Å². The summed E-state index contributed by atoms with van der Waals surface area (Å²) in [5.41, 5.74) is 0. The van der Waals surface area contributed by atoms with Gasteiger partial charge >= 0.3 is 54.4 Å². The quantitative estimate of drug-likeness (QED) is 0.267. The molecule has 0 aliphatic rings. The van der Waals surface area contributed by atoms with Gasteiger partial charge in [0.05, 0.1) is 0 Å². The van der Waals surface area contributed by atoms with Crippen LogP contribution in [-0.2, 0) is 49.0 Å². The van der Waals surface area contributed by atoms with E-state index in [2.05, 4.69) is 0 Å². The fraction of sp³-hybridized carbons (Fsp3) is 0. The molecule has 0 spiro atoms. The molecule has 0 rings (SSSR count). The Morgan fingerprint density at radius 3 is 0.800 bits per heavy atom. The largest absolute Gasteiger partial charge is 2.00 e. The molecule has 92 valence electrons. The average Bonchev–Trinajstić information content (AvgIpc) is 1.83. The second-order valence-corrected chi connectivity index (χ2v) is 8.38. The van der Waals surface area contributed by atoms with Crippen LogP contribution in [0.25, 0.3) is 0 Å². The van der Waals surface area contributed by atoms with E-state index >= 15 is 0 Å². The summed E-state index contributed by atoms with van der Waals surface area (Å²) in [6, 6.07) is 0. The number of hydrogen-bond acceptors (Lipinski definition) is 10. The predicted octanol–water partition coefficient (Wildman–Crippen LogP) is -2.90. The molecule has 15 heteroatoms. The van der Waals surface area contributed by atoms with Gasteiger partial charge in [0, 0.05) is 0 Å². The molecule has 0 radical (unpaired) electrons. The molecule has 10 nitrogen and oxygen atoms in total. The SMILES string of the molecule is O=[P+]([O-])S(=O)(=O)[O-].O=[P+]([O-])S(=O)(=O)[O-].[Pd+2]. The van der Waals surface area contributed by atoms with Gasteiger partial charge in [-0.3, -0.25) is 0 Å². The van der Waals surface area contributed by atoms with Gasteiger partial charge in [-0.1, -0.05) is 9.13 Å². The molecule has 0 saturated heterocycles. The fourth-order valence-electron chi connectivity index (χ4n) is 0. The van der Waals surface area contributed by atoms with Gasteiger partial charge in [0.2, 0.25) is 0 Å². The first-order chi connectivity index (χ1) is 5.89. The maximum atomic E-state index is 9.18. The van der Waals surface area contributed by atoms with E-state index in [1.807, 2.05) is 0 Å². The molecule has 15 heavy (non-hydrogen) atoms. The van der Waals surface area contributed by atoms with E-state index in [0.717, 1.165) is 0 Å². The Labute approximate surface area is 99.1 Å². The minimum atomic E-state index is -5.04. The predicted molar refractivity (Wildman–Crippen MR) is 34.6 cm³/mol. The van der Waals surface area contributed by atoms with E-state index in [1.54, 1.807) is 0 Å². The van der Waals surface area contributed by atoms with Crippen LogP contribution in [0, 0.1) is 0 Å². The maximum Gasteiger partial charge on any atom is 2.00 e. The van der Waals surface area contributed by atoms with Gasteiger partial charge in [-0.05, 0) is 0 Å². The van der Waals surface area contributed by atoms with Crippen LogP contribution in [0.1, 0.15) is 0 Å². The van der Waals surface area contributed by atoms with Crippen LogP contribution >= 0.6 is 14.5 Å². The van der Waals surface area contributed by atoms with Gasteiger partial charge < -0.3 is 18.9 Å². The van der Waals surface area contributed by atoms with Gasteiger partial charge in [0.25, 0.3) is 0 Å². The Hall–Kier alpha value is 0.602. The molecule has 0 aromatic carbocycles. The third-order valence-corrected chi connectivity index (χ3v) is 3.29. The van der Waals surface area contributed by atoms with Crippen molar-refractivity contribution >= 4 is 33.9 Å². The first-order valence-corrected chi connectivity index (χ1v) is 8.48. The molecule has 0 N–H and O–H groups in total. The first-order valence-electron chi connectivity index (χ1n) is 2.10. The summed E-state index contributed by atoms with van der Waals surface area (Å²) in [6.45, 7) is 0. The zero-order chi connectivity index (χ0) is 12.2. The van der Waals surface area contributed by atoms with Crippen molar-refractivity contribution in [3.05, 3.63) is 0 Å². The third kappa shape index (κ3) is 14.6. The van der Waals surface area contributed by atoms with E-state index in [9.17, 15) is 25.9 Å². The van der Waals surface area contributed by atoms with Crippen molar-refractivity contribution in [1.82, 2.24) is 0 Å². The zero-order valence-corrected chi connectivity index (χ0v) is 11.1. The number of rotatable bonds is 2. The van der Waals surface area contributed by atoms with Crippen LogP contribution in [0.3, 0.4) is 0 Å². The Morgan fingerprint density at radius 1 is 0.733 bits per heavy atom. The molecule has 0 aliphatic heterocycles. The zero-order valence-electron chi connectivity index (χ0n) is 6.11. The van der Waals surface area contributed by atoms with Crippen molar-refractivity contribution in [1.29, 1.82) is 0 Å². The molecule has 0 aromatic heterocycles. The second-order valence-electron chi connectivity index (χ2n) is 1.30. The minimum absolute atomic E-state index is 0. The minimum Gasteiger partial charge on any atom is -0.709 e. The Morgan fingerprint density at radius 2 is 0.800 bits per heavy atom. The molecular weight excluding hydrogens is 392 g/mol. The molecule has 2 unspecified atom stereocenters. The summed E-state index contributed by atoms with van der Waals surface area (Å²) in [5.74, 6) is 0. The van der Waals surface area contributed by atoms with Crippen LogP contribution in [0.15, 0.2) is 0 Å². The van der Waals surface area contributed by atoms with Crippen molar-refractivity contribution in [2.75, 3.05) is 0 Å². The summed E-state index contributed by atoms with van der Waals surface area (Å²) in [4.78, 5) is 18.3. The summed E-state index contributed by atoms with van der Waals surface area (Å²) < 4.78 is 73.4. The standard InChI is InChI=1S/2HO5PS.Pd/c2*1-6(2)7(3,4)5;/h2*(H,3,4,5);/q;;+2/p-2. The van der Waals surface area contributed by atoms with Gasteiger partial charge in [-0.15, -0.1) is 0 Å². The van der Waals surface area contributed by atoms with Gasteiger partial charge in [-0.2, -0.15) is 16.8 Å². The Balaban J connectivity index is -0.000000180. The van der Waals surface area contributed by atoms with Crippen LogP contribution in [0.4, 0.5) is 0 Å². The van der Waals surface area contributed by atoms with E-state index in [0.29, 0.717) is 0 Å². The van der Waals surface area contributed by atoms with E-state index in [-0.39, 0.29) is 20.4 Å². The van der Waals surface area contributed by atoms with Crippen molar-refractivity contribution in [2.24, 2.45) is 0 Å². The third-order valence-electron chi connectivity index (χ3n) is 0.365. The van der Waals surface area contributed by atoms with Crippen LogP contribution in [-0.4, -0.2) is 25.9 Å². The Kier molecular flexibility index (Phi) is 10.9. The first kappa shape index (κ1) is 20.9. The summed E-state index contributed by atoms with van der Waals surface area (Å²) in [6.07, 6.45) is 0. The van der Waals surface area contributed by atoms with E-state index in [1.165, 1.54) is 0 Å². The fourth-order valence-corrected chi connectivity index (χ4v) is 0. The van der Waals surface area contributed by atoms with E-state index in [4.69, 9.17) is 18.9 Å². The Bertz CT molecular complexity index is 372. The molecule has 0 aliphatic carbocycles. The molecule has 0 fully saturated rings. The van der Waals surface area contributed by atoms with Crippen molar-refractivity contribution < 1.29 is 65.3 Å². The summed E-state index contributed by atoms with van der Waals surface area (Å²) >= 11 is 0. The van der Waals surface area contributed by atoms with Crippen molar-refractivity contribution in [3.8, 4) is 0 Å².